The van der Waals surface area contributed by atoms with Crippen LogP contribution in [-0.2, 0) is 19.2 Å². The van der Waals surface area contributed by atoms with E-state index in [0.717, 1.165) is 12.8 Å². The van der Waals surface area contributed by atoms with E-state index in [2.05, 4.69) is 31.0 Å². The Bertz CT molecular complexity index is 1020. The van der Waals surface area contributed by atoms with E-state index in [9.17, 15) is 18.6 Å². The van der Waals surface area contributed by atoms with Crippen LogP contribution in [0.1, 0.15) is 24.8 Å². The number of nitrogens with two attached hydrogens (primary N) is 1. The summed E-state index contributed by atoms with van der Waals surface area (Å²) in [5.41, 5.74) is 1.28. The van der Waals surface area contributed by atoms with Crippen LogP contribution in [-0.4, -0.2) is 63.1 Å². The molecule has 4 N–H and O–H groups in total. The van der Waals surface area contributed by atoms with Crippen LogP contribution in [0.4, 0.5) is 0 Å². The van der Waals surface area contributed by atoms with Crippen molar-refractivity contribution in [3.8, 4) is 11.8 Å². The number of nitrogens with zero attached hydrogens (tertiary/aromatic N) is 4. The molecule has 1 saturated carbocycles. The summed E-state index contributed by atoms with van der Waals surface area (Å²) in [7, 11) is -4.20. The molecule has 2 fully saturated rings. The van der Waals surface area contributed by atoms with Gasteiger partial charge in [0.25, 0.3) is 0 Å². The quantitative estimate of drug-likeness (QED) is 0.519. The van der Waals surface area contributed by atoms with Gasteiger partial charge >= 0.3 is 10.3 Å². The van der Waals surface area contributed by atoms with Crippen molar-refractivity contribution in [2.24, 2.45) is 11.1 Å². The highest BCUT2D eigenvalue weighted by Crippen LogP contribution is 2.32. The molecule has 0 spiro atoms. The molecule has 3 heterocycles. The van der Waals surface area contributed by atoms with E-state index in [1.807, 2.05) is 0 Å². The molecule has 1 aliphatic carbocycles. The maximum atomic E-state index is 10.9. The van der Waals surface area contributed by atoms with Crippen molar-refractivity contribution in [2.45, 2.75) is 37.4 Å². The second-order valence-electron chi connectivity index (χ2n) is 6.41. The van der Waals surface area contributed by atoms with Crippen molar-refractivity contribution in [1.29, 1.82) is 0 Å². The molecular formula is C15H17N5O6S. The number of hydrogen-bond donors (Lipinski definition) is 3. The standard InChI is InChI=1S/C15H17N5O6S/c16-27(23,24)25-5-10-12(21)13(22)15(26-10)20-7-19-11-9(4-3-8-1-2-8)17-6-18-14(11)20/h6-8,10,12-13,15,21-22H,1-2,5H2,(H2,16,23,24)/t10-,12-,13-,15-/m1/s1. The highest BCUT2D eigenvalue weighted by atomic mass is 32.2. The number of aliphatic hydroxyl groups excluding tert-OH is 2. The van der Waals surface area contributed by atoms with Crippen molar-refractivity contribution < 1.29 is 27.6 Å². The second-order valence-corrected chi connectivity index (χ2v) is 7.63. The lowest BCUT2D eigenvalue weighted by molar-refractivity contribution is -0.0467. The Kier molecular flexibility index (Phi) is 4.58. The van der Waals surface area contributed by atoms with Crippen LogP contribution in [0.3, 0.4) is 0 Å². The molecular weight excluding hydrogens is 378 g/mol. The summed E-state index contributed by atoms with van der Waals surface area (Å²) in [6.45, 7) is -0.534. The first kappa shape index (κ1) is 18.2. The number of ether oxygens (including phenoxy) is 1. The highest BCUT2D eigenvalue weighted by Gasteiger charge is 2.44. The van der Waals surface area contributed by atoms with Crippen molar-refractivity contribution in [2.75, 3.05) is 6.61 Å². The van der Waals surface area contributed by atoms with Crippen molar-refractivity contribution in [1.82, 2.24) is 19.5 Å². The van der Waals surface area contributed by atoms with Gasteiger partial charge < -0.3 is 14.9 Å². The zero-order valence-corrected chi connectivity index (χ0v) is 14.8. The fraction of sp³-hybridized carbons (Fsp3) is 0.533. The van der Waals surface area contributed by atoms with Gasteiger partial charge in [0.05, 0.1) is 12.9 Å². The van der Waals surface area contributed by atoms with E-state index in [-0.39, 0.29) is 0 Å². The van der Waals surface area contributed by atoms with Gasteiger partial charge in [-0.15, -0.1) is 0 Å². The number of fused-ring (bicyclic) bond motifs is 1. The van der Waals surface area contributed by atoms with E-state index in [0.29, 0.717) is 22.8 Å². The van der Waals surface area contributed by atoms with E-state index < -0.39 is 41.5 Å². The van der Waals surface area contributed by atoms with Gasteiger partial charge in [0.1, 0.15) is 35.8 Å². The molecule has 11 nitrogen and oxygen atoms in total. The predicted molar refractivity (Wildman–Crippen MR) is 89.9 cm³/mol. The van der Waals surface area contributed by atoms with Gasteiger partial charge in [-0.05, 0) is 18.8 Å². The number of imidazole rings is 1. The lowest BCUT2D eigenvalue weighted by Crippen LogP contribution is -2.35. The number of aliphatic hydroxyl groups is 2. The normalized spacial score (nSPS) is 28.3. The van der Waals surface area contributed by atoms with E-state index in [4.69, 9.17) is 9.88 Å². The van der Waals surface area contributed by atoms with Crippen LogP contribution in [0.5, 0.6) is 0 Å². The third-order valence-electron chi connectivity index (χ3n) is 4.34. The van der Waals surface area contributed by atoms with Gasteiger partial charge in [0.15, 0.2) is 11.9 Å². The molecule has 27 heavy (non-hydrogen) atoms. The Balaban J connectivity index is 1.60. The van der Waals surface area contributed by atoms with Crippen molar-refractivity contribution in [3.63, 3.8) is 0 Å². The Morgan fingerprint density at radius 2 is 2.07 bits per heavy atom. The summed E-state index contributed by atoms with van der Waals surface area (Å²) in [5, 5.41) is 25.2. The third kappa shape index (κ3) is 3.79. The Morgan fingerprint density at radius 3 is 2.78 bits per heavy atom. The molecule has 12 heteroatoms. The fourth-order valence-electron chi connectivity index (χ4n) is 2.79. The van der Waals surface area contributed by atoms with E-state index in [1.165, 1.54) is 17.2 Å². The first-order valence-corrected chi connectivity index (χ1v) is 9.68. The molecule has 2 aromatic heterocycles. The number of rotatable bonds is 4. The molecule has 1 aliphatic heterocycles. The SMILES string of the molecule is NS(=O)(=O)OC[C@H]1O[C@@H](n2cnc3c(C#CC4CC4)ncnc32)[C@H](O)[C@@H]1O. The summed E-state index contributed by atoms with van der Waals surface area (Å²) in [4.78, 5) is 12.5. The minimum absolute atomic E-state index is 0.370. The average Bonchev–Trinajstić information content (AvgIpc) is 3.29. The molecule has 144 valence electrons. The fourth-order valence-corrected chi connectivity index (χ4v) is 3.11. The highest BCUT2D eigenvalue weighted by molar-refractivity contribution is 7.84. The molecule has 0 bridgehead atoms. The van der Waals surface area contributed by atoms with Crippen LogP contribution in [0, 0.1) is 17.8 Å². The molecule has 0 unspecified atom stereocenters. The van der Waals surface area contributed by atoms with Gasteiger partial charge in [-0.2, -0.15) is 8.42 Å². The van der Waals surface area contributed by atoms with Gasteiger partial charge in [0.2, 0.25) is 0 Å². The van der Waals surface area contributed by atoms with Crippen LogP contribution in [0.25, 0.3) is 11.2 Å². The topological polar surface area (TPSA) is 163 Å². The number of aromatic nitrogens is 4. The second kappa shape index (κ2) is 6.79. The lowest BCUT2D eigenvalue weighted by atomic mass is 10.1. The molecule has 0 aromatic carbocycles. The van der Waals surface area contributed by atoms with Gasteiger partial charge in [-0.1, -0.05) is 5.92 Å². The Labute approximate surface area is 154 Å². The zero-order chi connectivity index (χ0) is 19.2. The summed E-state index contributed by atoms with van der Waals surface area (Å²) in [5.74, 6) is 6.49. The smallest absolute Gasteiger partial charge is 0.333 e. The van der Waals surface area contributed by atoms with Crippen LogP contribution in [0.15, 0.2) is 12.7 Å². The maximum absolute atomic E-state index is 10.9. The molecule has 4 rings (SSSR count). The largest absolute Gasteiger partial charge is 0.387 e. The summed E-state index contributed by atoms with van der Waals surface area (Å²) < 4.78 is 33.3. The van der Waals surface area contributed by atoms with Crippen LogP contribution >= 0.6 is 0 Å². The molecule has 4 atom stereocenters. The molecule has 0 amide bonds. The Hall–Kier alpha value is -2.14. The monoisotopic (exact) mass is 395 g/mol. The third-order valence-corrected chi connectivity index (χ3v) is 4.80. The van der Waals surface area contributed by atoms with E-state index >= 15 is 0 Å². The predicted octanol–water partition coefficient (Wildman–Crippen LogP) is -1.57. The van der Waals surface area contributed by atoms with Gasteiger partial charge in [0, 0.05) is 5.92 Å². The lowest BCUT2D eigenvalue weighted by Gasteiger charge is -2.16. The van der Waals surface area contributed by atoms with Gasteiger partial charge in [-0.25, -0.2) is 20.1 Å². The van der Waals surface area contributed by atoms with Gasteiger partial charge in [-0.3, -0.25) is 8.75 Å². The number of hydrogen-bond acceptors (Lipinski definition) is 9. The molecule has 0 radical (unpaired) electrons. The van der Waals surface area contributed by atoms with Crippen LogP contribution < -0.4 is 5.14 Å². The first-order valence-electron chi connectivity index (χ1n) is 8.21. The minimum Gasteiger partial charge on any atom is -0.387 e. The maximum Gasteiger partial charge on any atom is 0.333 e. The molecule has 2 aliphatic rings. The average molecular weight is 395 g/mol. The van der Waals surface area contributed by atoms with E-state index in [1.54, 1.807) is 0 Å². The summed E-state index contributed by atoms with van der Waals surface area (Å²) >= 11 is 0. The van der Waals surface area contributed by atoms with Crippen molar-refractivity contribution in [3.05, 3.63) is 18.3 Å². The minimum atomic E-state index is -4.20. The molecule has 2 aromatic rings. The molecule has 1 saturated heterocycles. The zero-order valence-electron chi connectivity index (χ0n) is 14.0. The summed E-state index contributed by atoms with van der Waals surface area (Å²) in [6, 6.07) is 0. The summed E-state index contributed by atoms with van der Waals surface area (Å²) in [6.07, 6.45) is 0.00426. The van der Waals surface area contributed by atoms with Crippen LogP contribution in [0.2, 0.25) is 0 Å². The van der Waals surface area contributed by atoms with Crippen molar-refractivity contribution >= 4 is 21.5 Å². The Morgan fingerprint density at radius 1 is 1.30 bits per heavy atom. The first-order chi connectivity index (χ1) is 12.8.